The minimum Gasteiger partial charge on any atom is -0.481 e. The number of rotatable bonds is 4. The number of anilines is 1. The first-order valence-corrected chi connectivity index (χ1v) is 10.1. The Morgan fingerprint density at radius 1 is 0.906 bits per heavy atom. The normalized spacial score (nSPS) is 14.3. The van der Waals surface area contributed by atoms with Crippen LogP contribution < -0.4 is 9.64 Å². The Morgan fingerprint density at radius 3 is 2.28 bits per heavy atom. The molecule has 5 rings (SSSR count). The standard InChI is InChI=1S/C22H19F3N6O/c1-32-19-7-5-16(13-27-19)31-20-18(10-14(11-28-20)22(23,24)25)29-21(31)17-6-4-15(12-26-17)30-8-2-3-9-30/h4-7,10-13H,2-3,8-9H2,1H3. The number of hydrogen-bond donors (Lipinski definition) is 0. The first-order chi connectivity index (χ1) is 15.4. The van der Waals surface area contributed by atoms with Crippen molar-refractivity contribution in [1.29, 1.82) is 0 Å². The zero-order valence-electron chi connectivity index (χ0n) is 17.2. The highest BCUT2D eigenvalue weighted by atomic mass is 19.4. The van der Waals surface area contributed by atoms with Gasteiger partial charge in [-0.05, 0) is 37.1 Å². The largest absolute Gasteiger partial charge is 0.481 e. The van der Waals surface area contributed by atoms with E-state index in [1.165, 1.54) is 7.11 Å². The summed E-state index contributed by atoms with van der Waals surface area (Å²) < 4.78 is 46.5. The maximum atomic E-state index is 13.2. The molecule has 10 heteroatoms. The quantitative estimate of drug-likeness (QED) is 0.465. The minimum atomic E-state index is -4.51. The van der Waals surface area contributed by atoms with E-state index in [-0.39, 0.29) is 11.2 Å². The molecule has 1 aliphatic rings. The molecule has 1 fully saturated rings. The van der Waals surface area contributed by atoms with Crippen molar-refractivity contribution >= 4 is 16.9 Å². The number of nitrogens with zero attached hydrogens (tertiary/aromatic N) is 6. The van der Waals surface area contributed by atoms with Crippen LogP contribution in [-0.4, -0.2) is 44.7 Å². The third kappa shape index (κ3) is 3.61. The first kappa shape index (κ1) is 20.2. The molecular formula is C22H19F3N6O. The Bertz CT molecular complexity index is 1250. The van der Waals surface area contributed by atoms with Crippen molar-refractivity contribution in [3.63, 3.8) is 0 Å². The van der Waals surface area contributed by atoms with Crippen LogP contribution >= 0.6 is 0 Å². The van der Waals surface area contributed by atoms with Gasteiger partial charge in [-0.15, -0.1) is 0 Å². The molecule has 0 aliphatic carbocycles. The summed E-state index contributed by atoms with van der Waals surface area (Å²) in [4.78, 5) is 19.6. The van der Waals surface area contributed by atoms with Crippen molar-refractivity contribution in [1.82, 2.24) is 24.5 Å². The molecule has 32 heavy (non-hydrogen) atoms. The van der Waals surface area contributed by atoms with Crippen molar-refractivity contribution in [3.8, 4) is 23.1 Å². The van der Waals surface area contributed by atoms with Gasteiger partial charge >= 0.3 is 6.18 Å². The van der Waals surface area contributed by atoms with E-state index < -0.39 is 11.7 Å². The van der Waals surface area contributed by atoms with Crippen molar-refractivity contribution < 1.29 is 17.9 Å². The molecule has 0 spiro atoms. The summed E-state index contributed by atoms with van der Waals surface area (Å²) in [5, 5.41) is 0. The highest BCUT2D eigenvalue weighted by Gasteiger charge is 2.32. The van der Waals surface area contributed by atoms with Gasteiger partial charge in [0.2, 0.25) is 5.88 Å². The van der Waals surface area contributed by atoms with Gasteiger partial charge in [0, 0.05) is 25.4 Å². The Morgan fingerprint density at radius 2 is 1.66 bits per heavy atom. The third-order valence-corrected chi connectivity index (χ3v) is 5.46. The smallest absolute Gasteiger partial charge is 0.417 e. The van der Waals surface area contributed by atoms with E-state index in [1.54, 1.807) is 29.1 Å². The number of hydrogen-bond acceptors (Lipinski definition) is 6. The Hall–Kier alpha value is -3.69. The summed E-state index contributed by atoms with van der Waals surface area (Å²) >= 11 is 0. The van der Waals surface area contributed by atoms with E-state index in [9.17, 15) is 13.2 Å². The molecule has 0 amide bonds. The molecule has 4 aromatic heterocycles. The van der Waals surface area contributed by atoms with Gasteiger partial charge < -0.3 is 9.64 Å². The van der Waals surface area contributed by atoms with E-state index in [0.29, 0.717) is 23.1 Å². The number of pyridine rings is 3. The van der Waals surface area contributed by atoms with Crippen LogP contribution in [0.3, 0.4) is 0 Å². The lowest BCUT2D eigenvalue weighted by molar-refractivity contribution is -0.137. The van der Waals surface area contributed by atoms with E-state index in [4.69, 9.17) is 4.74 Å². The van der Waals surface area contributed by atoms with E-state index in [2.05, 4.69) is 24.8 Å². The van der Waals surface area contributed by atoms with Gasteiger partial charge in [0.25, 0.3) is 0 Å². The summed E-state index contributed by atoms with van der Waals surface area (Å²) in [6.45, 7) is 1.97. The van der Waals surface area contributed by atoms with Gasteiger partial charge in [0.15, 0.2) is 11.5 Å². The van der Waals surface area contributed by atoms with Gasteiger partial charge in [-0.3, -0.25) is 9.55 Å². The zero-order valence-corrected chi connectivity index (χ0v) is 17.2. The van der Waals surface area contributed by atoms with Gasteiger partial charge in [0.05, 0.1) is 36.4 Å². The molecule has 5 heterocycles. The second-order valence-corrected chi connectivity index (χ2v) is 7.49. The van der Waals surface area contributed by atoms with Crippen LogP contribution in [0.5, 0.6) is 5.88 Å². The second kappa shape index (κ2) is 7.77. The predicted octanol–water partition coefficient (Wildman–Crippen LogP) is 4.51. The average molecular weight is 440 g/mol. The molecule has 0 unspecified atom stereocenters. The zero-order chi connectivity index (χ0) is 22.3. The van der Waals surface area contributed by atoms with Crippen LogP contribution in [0.2, 0.25) is 0 Å². The summed E-state index contributed by atoms with van der Waals surface area (Å²) in [5.41, 5.74) is 1.67. The molecule has 4 aromatic rings. The number of alkyl halides is 3. The van der Waals surface area contributed by atoms with E-state index >= 15 is 0 Å². The second-order valence-electron chi connectivity index (χ2n) is 7.49. The molecule has 0 saturated carbocycles. The van der Waals surface area contributed by atoms with Gasteiger partial charge in [-0.25, -0.2) is 15.0 Å². The highest BCUT2D eigenvalue weighted by molar-refractivity contribution is 5.80. The third-order valence-electron chi connectivity index (χ3n) is 5.46. The molecule has 1 aliphatic heterocycles. The number of fused-ring (bicyclic) bond motifs is 1. The average Bonchev–Trinajstić information content (AvgIpc) is 3.46. The Kier molecular flexibility index (Phi) is 4.91. The van der Waals surface area contributed by atoms with Gasteiger partial charge in [-0.2, -0.15) is 13.2 Å². The van der Waals surface area contributed by atoms with Gasteiger partial charge in [-0.1, -0.05) is 0 Å². The fourth-order valence-corrected chi connectivity index (χ4v) is 3.84. The van der Waals surface area contributed by atoms with E-state index in [1.807, 2.05) is 12.1 Å². The number of halogens is 3. The maximum absolute atomic E-state index is 13.2. The van der Waals surface area contributed by atoms with Crippen LogP contribution in [0.1, 0.15) is 18.4 Å². The monoisotopic (exact) mass is 440 g/mol. The lowest BCUT2D eigenvalue weighted by Crippen LogP contribution is -2.17. The number of imidazole rings is 1. The molecular weight excluding hydrogens is 421 g/mol. The SMILES string of the molecule is COc1ccc(-n2c(-c3ccc(N4CCCC4)cn3)nc3cc(C(F)(F)F)cnc32)cn1. The molecule has 1 saturated heterocycles. The van der Waals surface area contributed by atoms with Gasteiger partial charge in [0.1, 0.15) is 11.2 Å². The van der Waals surface area contributed by atoms with Crippen molar-refractivity contribution in [2.45, 2.75) is 19.0 Å². The van der Waals surface area contributed by atoms with Crippen LogP contribution in [0, 0.1) is 0 Å². The summed E-state index contributed by atoms with van der Waals surface area (Å²) in [6.07, 6.45) is 1.92. The molecule has 0 radical (unpaired) electrons. The molecule has 0 N–H and O–H groups in total. The van der Waals surface area contributed by atoms with Crippen LogP contribution in [-0.2, 0) is 6.18 Å². The minimum absolute atomic E-state index is 0.121. The first-order valence-electron chi connectivity index (χ1n) is 10.1. The van der Waals surface area contributed by atoms with Crippen molar-refractivity contribution in [3.05, 3.63) is 54.5 Å². The van der Waals surface area contributed by atoms with E-state index in [0.717, 1.165) is 43.9 Å². The fourth-order valence-electron chi connectivity index (χ4n) is 3.84. The summed E-state index contributed by atoms with van der Waals surface area (Å²) in [7, 11) is 1.51. The summed E-state index contributed by atoms with van der Waals surface area (Å²) in [6, 6.07) is 8.19. The van der Waals surface area contributed by atoms with Crippen molar-refractivity contribution in [2.75, 3.05) is 25.1 Å². The highest BCUT2D eigenvalue weighted by Crippen LogP contribution is 2.33. The van der Waals surface area contributed by atoms with Crippen molar-refractivity contribution in [2.24, 2.45) is 0 Å². The number of methoxy groups -OCH3 is 1. The number of aromatic nitrogens is 5. The molecule has 0 bridgehead atoms. The fraction of sp³-hybridized carbons (Fsp3) is 0.273. The van der Waals surface area contributed by atoms with Crippen LogP contribution in [0.4, 0.5) is 18.9 Å². The molecule has 7 nitrogen and oxygen atoms in total. The predicted molar refractivity (Wildman–Crippen MR) is 113 cm³/mol. The molecule has 0 atom stereocenters. The molecule has 164 valence electrons. The number of ether oxygens (including phenoxy) is 1. The Balaban J connectivity index is 1.65. The lowest BCUT2D eigenvalue weighted by atomic mass is 10.2. The van der Waals surface area contributed by atoms with Crippen LogP contribution in [0.15, 0.2) is 48.9 Å². The maximum Gasteiger partial charge on any atom is 0.417 e. The summed E-state index contributed by atoms with van der Waals surface area (Å²) in [5.74, 6) is 0.798. The lowest BCUT2D eigenvalue weighted by Gasteiger charge is -2.17. The van der Waals surface area contributed by atoms with Crippen LogP contribution in [0.25, 0.3) is 28.4 Å². The Labute approximate surface area is 181 Å². The topological polar surface area (TPSA) is 69.0 Å². The molecule has 0 aromatic carbocycles.